The minimum atomic E-state index is -0.273. The van der Waals surface area contributed by atoms with Crippen molar-refractivity contribution < 1.29 is 9.53 Å². The van der Waals surface area contributed by atoms with Crippen LogP contribution in [0.25, 0.3) is 11.1 Å². The molecule has 1 aliphatic rings. The van der Waals surface area contributed by atoms with Gasteiger partial charge in [-0.3, -0.25) is 4.79 Å². The zero-order valence-electron chi connectivity index (χ0n) is 15.4. The van der Waals surface area contributed by atoms with Crippen LogP contribution in [-0.4, -0.2) is 21.2 Å². The Bertz CT molecular complexity index is 1350. The Balaban J connectivity index is 0.00000272. The molecule has 3 aromatic rings. The highest BCUT2D eigenvalue weighted by Gasteiger charge is 2.34. The fourth-order valence-electron chi connectivity index (χ4n) is 3.50. The molecule has 0 unspecified atom stereocenters. The minimum Gasteiger partial charge on any atom is -0.618 e. The van der Waals surface area contributed by atoms with E-state index in [2.05, 4.69) is 4.98 Å². The predicted octanol–water partition coefficient (Wildman–Crippen LogP) is 4.58. The summed E-state index contributed by atoms with van der Waals surface area (Å²) in [6, 6.07) is 17.0. The first-order valence-electron chi connectivity index (χ1n) is 8.81. The number of halogens is 1. The molecule has 0 spiro atoms. The fraction of sp³-hybridized carbons (Fsp3) is 0.0870. The number of carbonyl (C=O) groups is 1. The summed E-state index contributed by atoms with van der Waals surface area (Å²) >= 11 is 6.09. The standard InChI is InChI=1S/C22H12ClN5O2.CH4/c23-13-5-3-4-12(8-13)20-15(10-24)21(27-22(26)16(20)11-25)18-9-19(29)14-6-1-2-7-17(14)28(18)30;/h1-8H,9H2,(H2,26,27);1H4. The van der Waals surface area contributed by atoms with E-state index in [-0.39, 0.29) is 59.2 Å². The van der Waals surface area contributed by atoms with E-state index in [1.54, 1.807) is 42.5 Å². The number of aromatic nitrogens is 1. The van der Waals surface area contributed by atoms with Crippen molar-refractivity contribution in [3.05, 3.63) is 81.1 Å². The fourth-order valence-corrected chi connectivity index (χ4v) is 3.69. The number of benzene rings is 2. The summed E-state index contributed by atoms with van der Waals surface area (Å²) in [5.74, 6) is -0.417. The van der Waals surface area contributed by atoms with Gasteiger partial charge in [-0.1, -0.05) is 43.3 Å². The molecule has 0 atom stereocenters. The second-order valence-electron chi connectivity index (χ2n) is 6.56. The maximum Gasteiger partial charge on any atom is 0.228 e. The van der Waals surface area contributed by atoms with E-state index in [9.17, 15) is 20.5 Å². The molecule has 2 aromatic carbocycles. The zero-order chi connectivity index (χ0) is 21.4. The van der Waals surface area contributed by atoms with Crippen molar-refractivity contribution in [3.63, 3.8) is 0 Å². The summed E-state index contributed by atoms with van der Waals surface area (Å²) in [6.07, 6.45) is -0.248. The molecule has 4 rings (SSSR count). The lowest BCUT2D eigenvalue weighted by atomic mass is 9.90. The Morgan fingerprint density at radius 2 is 1.81 bits per heavy atom. The van der Waals surface area contributed by atoms with Gasteiger partial charge >= 0.3 is 0 Å². The van der Waals surface area contributed by atoms with Crippen molar-refractivity contribution in [1.82, 2.24) is 4.98 Å². The molecule has 2 N–H and O–H groups in total. The molecule has 0 saturated heterocycles. The third-order valence-electron chi connectivity index (χ3n) is 4.83. The number of nitrogens with two attached hydrogens (primary N) is 1. The number of nitrogens with zero attached hydrogens (tertiary/aromatic N) is 4. The number of para-hydroxylation sites is 1. The van der Waals surface area contributed by atoms with Crippen LogP contribution in [-0.2, 0) is 0 Å². The average molecular weight is 430 g/mol. The SMILES string of the molecule is C.N#Cc1c(N)nc(C2=[N+]([O-])c3ccccc3C(=O)C2)c(C#N)c1-c1cccc(Cl)c1. The van der Waals surface area contributed by atoms with E-state index in [0.717, 1.165) is 0 Å². The summed E-state index contributed by atoms with van der Waals surface area (Å²) in [7, 11) is 0. The van der Waals surface area contributed by atoms with Gasteiger partial charge in [0.1, 0.15) is 23.5 Å². The molecule has 0 bridgehead atoms. The first kappa shape index (κ1) is 21.5. The lowest BCUT2D eigenvalue weighted by Gasteiger charge is -2.19. The lowest BCUT2D eigenvalue weighted by Crippen LogP contribution is -2.26. The van der Waals surface area contributed by atoms with Crippen LogP contribution in [0.4, 0.5) is 11.5 Å². The van der Waals surface area contributed by atoms with Crippen LogP contribution in [0.15, 0.2) is 48.5 Å². The van der Waals surface area contributed by atoms with Gasteiger partial charge in [-0.15, -0.1) is 0 Å². The molecule has 0 aliphatic carbocycles. The second kappa shape index (κ2) is 8.27. The van der Waals surface area contributed by atoms with Crippen LogP contribution >= 0.6 is 11.6 Å². The van der Waals surface area contributed by atoms with Gasteiger partial charge in [-0.2, -0.15) is 15.3 Å². The highest BCUT2D eigenvalue weighted by molar-refractivity contribution is 6.30. The van der Waals surface area contributed by atoms with E-state index >= 15 is 0 Å². The molecular formula is C23H16ClN5O2. The van der Waals surface area contributed by atoms with Gasteiger partial charge < -0.3 is 10.9 Å². The van der Waals surface area contributed by atoms with E-state index in [0.29, 0.717) is 20.9 Å². The van der Waals surface area contributed by atoms with Crippen LogP contribution < -0.4 is 5.73 Å². The third kappa shape index (κ3) is 3.48. The van der Waals surface area contributed by atoms with Crippen molar-refractivity contribution in [1.29, 1.82) is 10.5 Å². The molecule has 8 heteroatoms. The summed E-state index contributed by atoms with van der Waals surface area (Å²) in [5.41, 5.74) is 7.13. The Morgan fingerprint density at radius 3 is 2.48 bits per heavy atom. The van der Waals surface area contributed by atoms with Crippen LogP contribution in [0.5, 0.6) is 0 Å². The molecule has 31 heavy (non-hydrogen) atoms. The Morgan fingerprint density at radius 1 is 1.10 bits per heavy atom. The number of nitrogen functional groups attached to an aromatic ring is 1. The van der Waals surface area contributed by atoms with Crippen molar-refractivity contribution in [2.24, 2.45) is 0 Å². The first-order chi connectivity index (χ1) is 14.5. The van der Waals surface area contributed by atoms with Gasteiger partial charge in [0.15, 0.2) is 11.5 Å². The molecule has 1 aliphatic heterocycles. The number of Topliss-reactive ketones (excluding diaryl/α,β-unsaturated/α-hetero) is 1. The largest absolute Gasteiger partial charge is 0.618 e. The molecule has 0 saturated carbocycles. The van der Waals surface area contributed by atoms with Crippen molar-refractivity contribution in [3.8, 4) is 23.3 Å². The van der Waals surface area contributed by atoms with Crippen LogP contribution in [0, 0.1) is 27.9 Å². The van der Waals surface area contributed by atoms with Crippen molar-refractivity contribution in [2.45, 2.75) is 13.8 Å². The second-order valence-corrected chi connectivity index (χ2v) is 7.00. The molecule has 7 nitrogen and oxygen atoms in total. The van der Waals surface area contributed by atoms with Crippen molar-refractivity contribution in [2.75, 3.05) is 5.73 Å². The Labute approximate surface area is 183 Å². The molecular weight excluding hydrogens is 414 g/mol. The number of hydrogen-bond acceptors (Lipinski definition) is 6. The predicted molar refractivity (Wildman–Crippen MR) is 118 cm³/mol. The number of fused-ring (bicyclic) bond motifs is 1. The average Bonchev–Trinajstić information content (AvgIpc) is 2.75. The normalized spacial score (nSPS) is 12.4. The highest BCUT2D eigenvalue weighted by Crippen LogP contribution is 2.35. The van der Waals surface area contributed by atoms with Crippen LogP contribution in [0.2, 0.25) is 5.02 Å². The number of anilines is 1. The Kier molecular flexibility index (Phi) is 5.74. The molecule has 0 amide bonds. The first-order valence-corrected chi connectivity index (χ1v) is 9.19. The Hall–Kier alpha value is -4.20. The quantitative estimate of drug-likeness (QED) is 0.468. The molecule has 152 valence electrons. The smallest absolute Gasteiger partial charge is 0.228 e. The molecule has 0 radical (unpaired) electrons. The number of ketones is 1. The minimum absolute atomic E-state index is 0. The number of nitriles is 2. The maximum atomic E-state index is 13.0. The zero-order valence-corrected chi connectivity index (χ0v) is 16.1. The summed E-state index contributed by atoms with van der Waals surface area (Å²) in [4.78, 5) is 16.8. The van der Waals surface area contributed by atoms with E-state index in [1.807, 2.05) is 12.1 Å². The summed E-state index contributed by atoms with van der Waals surface area (Å²) < 4.78 is 0.590. The van der Waals surface area contributed by atoms with Crippen molar-refractivity contribution >= 4 is 34.6 Å². The van der Waals surface area contributed by atoms with Gasteiger partial charge in [0.25, 0.3) is 0 Å². The van der Waals surface area contributed by atoms with E-state index in [1.165, 1.54) is 6.07 Å². The van der Waals surface area contributed by atoms with Crippen LogP contribution in [0.1, 0.15) is 41.0 Å². The maximum absolute atomic E-state index is 13.0. The number of pyridine rings is 1. The van der Waals surface area contributed by atoms with Crippen LogP contribution in [0.3, 0.4) is 0 Å². The third-order valence-corrected chi connectivity index (χ3v) is 5.07. The van der Waals surface area contributed by atoms with E-state index < -0.39 is 0 Å². The molecule has 2 heterocycles. The lowest BCUT2D eigenvalue weighted by molar-refractivity contribution is -0.362. The highest BCUT2D eigenvalue weighted by atomic mass is 35.5. The molecule has 0 fully saturated rings. The van der Waals surface area contributed by atoms with E-state index in [4.69, 9.17) is 17.3 Å². The topological polar surface area (TPSA) is 130 Å². The summed E-state index contributed by atoms with van der Waals surface area (Å²) in [5, 5.41) is 33.0. The number of hydrogen-bond donors (Lipinski definition) is 1. The van der Waals surface area contributed by atoms with Gasteiger partial charge in [-0.05, 0) is 23.8 Å². The monoisotopic (exact) mass is 429 g/mol. The van der Waals surface area contributed by atoms with Gasteiger partial charge in [0.05, 0.1) is 17.5 Å². The number of rotatable bonds is 2. The van der Waals surface area contributed by atoms with Gasteiger partial charge in [-0.25, -0.2) is 4.98 Å². The summed E-state index contributed by atoms with van der Waals surface area (Å²) in [6.45, 7) is 0. The number of carbonyl (C=O) groups excluding carboxylic acids is 1. The van der Waals surface area contributed by atoms with Gasteiger partial charge in [0, 0.05) is 16.7 Å². The molecule has 1 aromatic heterocycles. The van der Waals surface area contributed by atoms with Gasteiger partial charge in [0.2, 0.25) is 11.4 Å².